The van der Waals surface area contributed by atoms with Crippen molar-refractivity contribution in [3.63, 3.8) is 0 Å². The fourth-order valence-electron chi connectivity index (χ4n) is 6.31. The number of fused-ring (bicyclic) bond motifs is 2. The predicted octanol–water partition coefficient (Wildman–Crippen LogP) is 2.41. The Morgan fingerprint density at radius 3 is 2.74 bits per heavy atom. The topological polar surface area (TPSA) is 98.1 Å². The number of piperidine rings is 1. The van der Waals surface area contributed by atoms with Gasteiger partial charge in [-0.25, -0.2) is 0 Å². The first-order chi connectivity index (χ1) is 16.4. The molecule has 8 heteroatoms. The second-order valence-corrected chi connectivity index (χ2v) is 9.55. The Morgan fingerprint density at radius 1 is 1.24 bits per heavy atom. The normalized spacial score (nSPS) is 35.4. The van der Waals surface area contributed by atoms with Gasteiger partial charge in [0.2, 0.25) is 11.8 Å². The highest BCUT2D eigenvalue weighted by Gasteiger charge is 2.74. The first-order valence-electron chi connectivity index (χ1n) is 11.6. The molecule has 1 spiro atoms. The molecule has 7 atom stereocenters. The van der Waals surface area contributed by atoms with Gasteiger partial charge in [0, 0.05) is 18.9 Å². The fraction of sp³-hybridized carbons (Fsp3) is 0.423. The molecule has 1 N–H and O–H groups in total. The number of nitrogens with one attached hydrogen (secondary N) is 1. The summed E-state index contributed by atoms with van der Waals surface area (Å²) in [6.07, 6.45) is 5.04. The van der Waals surface area contributed by atoms with E-state index in [1.807, 2.05) is 43.3 Å². The molecule has 4 aliphatic rings. The molecule has 176 valence electrons. The van der Waals surface area contributed by atoms with Crippen LogP contribution in [0.5, 0.6) is 5.75 Å². The highest BCUT2D eigenvalue weighted by molar-refractivity contribution is 5.96. The van der Waals surface area contributed by atoms with E-state index in [-0.39, 0.29) is 24.0 Å². The predicted molar refractivity (Wildman–Crippen MR) is 119 cm³/mol. The Labute approximate surface area is 196 Å². The minimum Gasteiger partial charge on any atom is -0.497 e. The first kappa shape index (κ1) is 21.2. The van der Waals surface area contributed by atoms with Gasteiger partial charge in [0.05, 0.1) is 43.4 Å². The maximum atomic E-state index is 13.9. The Morgan fingerprint density at radius 2 is 2.03 bits per heavy atom. The van der Waals surface area contributed by atoms with Crippen LogP contribution >= 0.6 is 0 Å². The van der Waals surface area contributed by atoms with Crippen LogP contribution in [0.15, 0.2) is 59.2 Å². The fourth-order valence-corrected chi connectivity index (χ4v) is 6.31. The number of ether oxygens (including phenoxy) is 2. The molecule has 2 amide bonds. The lowest BCUT2D eigenvalue weighted by molar-refractivity contribution is -0.148. The number of Topliss-reactive ketones (excluding diaryl/α,β-unsaturated/α-hetero) is 1. The van der Waals surface area contributed by atoms with E-state index in [4.69, 9.17) is 13.9 Å². The van der Waals surface area contributed by atoms with Crippen LogP contribution in [-0.2, 0) is 25.7 Å². The molecule has 3 saturated heterocycles. The molecular weight excluding hydrogens is 436 g/mol. The van der Waals surface area contributed by atoms with Crippen molar-refractivity contribution in [3.8, 4) is 5.75 Å². The van der Waals surface area contributed by atoms with Crippen LogP contribution in [0.25, 0.3) is 0 Å². The molecule has 1 aromatic carbocycles. The highest BCUT2D eigenvalue weighted by Crippen LogP contribution is 2.59. The zero-order valence-corrected chi connectivity index (χ0v) is 19.0. The van der Waals surface area contributed by atoms with Crippen molar-refractivity contribution in [3.05, 3.63) is 66.1 Å². The standard InChI is InChI=1S/C26H26N2O6/c1-14-18(29)12-17(19-4-3-11-33-19)28-23(14)26-10-9-20(34-26)21(22(26)25(28)31)24(30)27-13-15-5-7-16(32-2)8-6-15/h3-11,14,17,20-23H,12-13H2,1-2H3,(H,27,30)/t14-,17+,20-,21-,22+,23-,26-/m1/s1. The summed E-state index contributed by atoms with van der Waals surface area (Å²) in [6.45, 7) is 2.19. The van der Waals surface area contributed by atoms with E-state index < -0.39 is 41.5 Å². The summed E-state index contributed by atoms with van der Waals surface area (Å²) in [5.41, 5.74) is -0.0553. The third kappa shape index (κ3) is 2.84. The van der Waals surface area contributed by atoms with Gasteiger partial charge in [0.25, 0.3) is 0 Å². The van der Waals surface area contributed by atoms with Gasteiger partial charge >= 0.3 is 0 Å². The van der Waals surface area contributed by atoms with Gasteiger partial charge in [-0.15, -0.1) is 0 Å². The van der Waals surface area contributed by atoms with Gasteiger partial charge in [0.15, 0.2) is 0 Å². The molecule has 0 saturated carbocycles. The van der Waals surface area contributed by atoms with Crippen LogP contribution in [0.3, 0.4) is 0 Å². The third-order valence-electron chi connectivity index (χ3n) is 7.88. The second-order valence-electron chi connectivity index (χ2n) is 9.55. The first-order valence-corrected chi connectivity index (χ1v) is 11.6. The molecule has 2 aromatic rings. The smallest absolute Gasteiger partial charge is 0.230 e. The van der Waals surface area contributed by atoms with E-state index in [2.05, 4.69) is 5.32 Å². The van der Waals surface area contributed by atoms with Gasteiger partial charge in [-0.2, -0.15) is 0 Å². The number of methoxy groups -OCH3 is 1. The molecule has 0 radical (unpaired) electrons. The Bertz CT molecular complexity index is 1170. The number of rotatable bonds is 5. The molecule has 0 aliphatic carbocycles. The number of hydrogen-bond acceptors (Lipinski definition) is 6. The molecule has 8 nitrogen and oxygen atoms in total. The molecule has 34 heavy (non-hydrogen) atoms. The van der Waals surface area contributed by atoms with Crippen LogP contribution in [-0.4, -0.2) is 47.4 Å². The summed E-state index contributed by atoms with van der Waals surface area (Å²) in [4.78, 5) is 42.0. The van der Waals surface area contributed by atoms with E-state index in [1.54, 1.807) is 30.4 Å². The summed E-state index contributed by atoms with van der Waals surface area (Å²) in [7, 11) is 1.60. The van der Waals surface area contributed by atoms with Crippen LogP contribution in [0, 0.1) is 17.8 Å². The van der Waals surface area contributed by atoms with Gasteiger partial charge in [-0.1, -0.05) is 31.2 Å². The van der Waals surface area contributed by atoms with Crippen molar-refractivity contribution in [1.29, 1.82) is 0 Å². The van der Waals surface area contributed by atoms with Crippen molar-refractivity contribution in [2.75, 3.05) is 7.11 Å². The SMILES string of the molecule is COc1ccc(CNC(=O)[C@H]2[C@H]3C(=O)N4[C@H](c5ccco5)CC(=O)[C@@H](C)[C@@H]4[C@@]34C=C[C@H]2O4)cc1. The third-order valence-corrected chi connectivity index (χ3v) is 7.88. The Hall–Kier alpha value is -3.39. The van der Waals surface area contributed by atoms with Gasteiger partial charge in [-0.3, -0.25) is 14.4 Å². The number of nitrogens with zero attached hydrogens (tertiary/aromatic N) is 1. The summed E-state index contributed by atoms with van der Waals surface area (Å²) in [5, 5.41) is 2.98. The largest absolute Gasteiger partial charge is 0.497 e. The van der Waals surface area contributed by atoms with E-state index in [0.717, 1.165) is 11.3 Å². The van der Waals surface area contributed by atoms with Crippen molar-refractivity contribution in [2.45, 2.75) is 43.7 Å². The maximum Gasteiger partial charge on any atom is 0.230 e. The molecule has 4 aliphatic heterocycles. The number of furan rings is 1. The molecule has 2 bridgehead atoms. The Balaban J connectivity index is 1.29. The van der Waals surface area contributed by atoms with Gasteiger partial charge < -0.3 is 24.1 Å². The lowest BCUT2D eigenvalue weighted by Crippen LogP contribution is -2.55. The van der Waals surface area contributed by atoms with Crippen molar-refractivity contribution in [2.24, 2.45) is 17.8 Å². The zero-order valence-electron chi connectivity index (χ0n) is 19.0. The summed E-state index contributed by atoms with van der Waals surface area (Å²) in [6, 6.07) is 10.0. The van der Waals surface area contributed by atoms with E-state index in [0.29, 0.717) is 12.3 Å². The molecule has 3 fully saturated rings. The zero-order chi connectivity index (χ0) is 23.6. The van der Waals surface area contributed by atoms with E-state index in [9.17, 15) is 14.4 Å². The summed E-state index contributed by atoms with van der Waals surface area (Å²) in [5.74, 6) is -0.709. The van der Waals surface area contributed by atoms with Crippen molar-refractivity contribution < 1.29 is 28.3 Å². The lowest BCUT2D eigenvalue weighted by atomic mass is 9.70. The van der Waals surface area contributed by atoms with Crippen molar-refractivity contribution >= 4 is 17.6 Å². The van der Waals surface area contributed by atoms with Crippen LogP contribution in [0.1, 0.15) is 30.7 Å². The average molecular weight is 463 g/mol. The number of amides is 2. The van der Waals surface area contributed by atoms with E-state index >= 15 is 0 Å². The summed E-state index contributed by atoms with van der Waals surface area (Å²) >= 11 is 0. The second kappa shape index (κ2) is 7.56. The van der Waals surface area contributed by atoms with Crippen LogP contribution < -0.4 is 10.1 Å². The van der Waals surface area contributed by atoms with Crippen LogP contribution in [0.2, 0.25) is 0 Å². The molecular formula is C26H26N2O6. The molecule has 5 heterocycles. The van der Waals surface area contributed by atoms with Gasteiger partial charge in [-0.05, 0) is 29.8 Å². The number of carbonyl (C=O) groups is 3. The van der Waals surface area contributed by atoms with Crippen LogP contribution in [0.4, 0.5) is 0 Å². The quantitative estimate of drug-likeness (QED) is 0.686. The van der Waals surface area contributed by atoms with Crippen molar-refractivity contribution in [1.82, 2.24) is 10.2 Å². The maximum absolute atomic E-state index is 13.9. The molecule has 6 rings (SSSR count). The molecule has 1 aromatic heterocycles. The van der Waals surface area contributed by atoms with Gasteiger partial charge in [0.1, 0.15) is 22.9 Å². The lowest BCUT2D eigenvalue weighted by Gasteiger charge is -2.43. The minimum atomic E-state index is -0.982. The molecule has 0 unspecified atom stereocenters. The number of hydrogen-bond donors (Lipinski definition) is 1. The summed E-state index contributed by atoms with van der Waals surface area (Å²) < 4.78 is 17.2. The number of ketones is 1. The number of carbonyl (C=O) groups excluding carboxylic acids is 3. The minimum absolute atomic E-state index is 0.0679. The van der Waals surface area contributed by atoms with E-state index in [1.165, 1.54) is 0 Å². The Kier molecular flexibility index (Phi) is 4.71. The monoisotopic (exact) mass is 462 g/mol. The highest BCUT2D eigenvalue weighted by atomic mass is 16.5. The number of benzene rings is 1. The average Bonchev–Trinajstić information content (AvgIpc) is 3.62.